The molecule has 3 aromatic carbocycles. The highest BCUT2D eigenvalue weighted by atomic mass is 16.5. The molecule has 0 saturated heterocycles. The van der Waals surface area contributed by atoms with E-state index in [1.165, 1.54) is 4.57 Å². The van der Waals surface area contributed by atoms with Crippen LogP contribution in [-0.2, 0) is 11.3 Å². The van der Waals surface area contributed by atoms with Crippen molar-refractivity contribution >= 4 is 22.8 Å². The van der Waals surface area contributed by atoms with Crippen molar-refractivity contribution in [2.24, 2.45) is 0 Å². The molecule has 1 amide bonds. The number of hydrogen-bond acceptors (Lipinski definition) is 5. The van der Waals surface area contributed by atoms with Gasteiger partial charge in [0, 0.05) is 17.7 Å². The number of rotatable bonds is 4. The smallest absolute Gasteiger partial charge is 0.262 e. The van der Waals surface area contributed by atoms with Crippen molar-refractivity contribution in [2.75, 3.05) is 5.43 Å². The summed E-state index contributed by atoms with van der Waals surface area (Å²) in [5.41, 5.74) is 7.58. The summed E-state index contributed by atoms with van der Waals surface area (Å²) >= 11 is 0. The molecule has 1 aromatic heterocycles. The number of nitrogens with one attached hydrogen (secondary N) is 2. The summed E-state index contributed by atoms with van der Waals surface area (Å²) in [5.74, 6) is 0.753. The highest BCUT2D eigenvalue weighted by Gasteiger charge is 2.32. The van der Waals surface area contributed by atoms with E-state index < -0.39 is 5.92 Å². The lowest BCUT2D eigenvalue weighted by atomic mass is 9.87. The van der Waals surface area contributed by atoms with Crippen LogP contribution < -0.4 is 21.1 Å². The minimum absolute atomic E-state index is 0.161. The van der Waals surface area contributed by atoms with Crippen LogP contribution in [0.4, 0.5) is 5.95 Å². The van der Waals surface area contributed by atoms with Crippen LogP contribution in [0.25, 0.3) is 10.9 Å². The number of para-hydroxylation sites is 3. The van der Waals surface area contributed by atoms with Gasteiger partial charge >= 0.3 is 0 Å². The predicted molar refractivity (Wildman–Crippen MR) is 118 cm³/mol. The molecule has 7 nitrogen and oxygen atoms in total. The lowest BCUT2D eigenvalue weighted by Crippen LogP contribution is -2.38. The number of hydrazine groups is 1. The van der Waals surface area contributed by atoms with Crippen molar-refractivity contribution in [3.8, 4) is 11.5 Å². The number of fused-ring (bicyclic) bond motifs is 3. The summed E-state index contributed by atoms with van der Waals surface area (Å²) in [6.45, 7) is 2.27. The van der Waals surface area contributed by atoms with E-state index in [2.05, 4.69) is 15.8 Å². The van der Waals surface area contributed by atoms with Crippen LogP contribution in [0.1, 0.15) is 24.0 Å². The Morgan fingerprint density at radius 1 is 0.968 bits per heavy atom. The van der Waals surface area contributed by atoms with Gasteiger partial charge in [-0.25, -0.2) is 4.98 Å². The molecule has 31 heavy (non-hydrogen) atoms. The Bertz CT molecular complexity index is 1320. The zero-order valence-electron chi connectivity index (χ0n) is 16.8. The quantitative estimate of drug-likeness (QED) is 0.498. The van der Waals surface area contributed by atoms with Crippen molar-refractivity contribution < 1.29 is 9.53 Å². The molecule has 0 atom stereocenters. The Labute approximate surface area is 178 Å². The third kappa shape index (κ3) is 3.20. The summed E-state index contributed by atoms with van der Waals surface area (Å²) < 4.78 is 7.46. The predicted octanol–water partition coefficient (Wildman–Crippen LogP) is 3.80. The van der Waals surface area contributed by atoms with Crippen molar-refractivity contribution in [3.63, 3.8) is 0 Å². The number of carbonyl (C=O) groups excluding carboxylic acids is 1. The maximum absolute atomic E-state index is 13.3. The van der Waals surface area contributed by atoms with E-state index in [-0.39, 0.29) is 17.4 Å². The first-order valence-corrected chi connectivity index (χ1v) is 10.1. The molecule has 0 spiro atoms. The van der Waals surface area contributed by atoms with Gasteiger partial charge in [-0.3, -0.25) is 25.0 Å². The number of nitrogens with zero attached hydrogens (tertiary/aromatic N) is 2. The van der Waals surface area contributed by atoms with Crippen LogP contribution in [0, 0.1) is 0 Å². The van der Waals surface area contributed by atoms with E-state index in [1.54, 1.807) is 18.2 Å². The van der Waals surface area contributed by atoms with E-state index in [0.717, 1.165) is 11.1 Å². The molecule has 1 aliphatic heterocycles. The average molecular weight is 412 g/mol. The van der Waals surface area contributed by atoms with Gasteiger partial charge < -0.3 is 4.74 Å². The van der Waals surface area contributed by atoms with Gasteiger partial charge in [0.25, 0.3) is 11.5 Å². The van der Waals surface area contributed by atoms with Gasteiger partial charge in [-0.2, -0.15) is 0 Å². The second-order valence-electron chi connectivity index (χ2n) is 7.23. The molecule has 0 radical (unpaired) electrons. The minimum atomic E-state index is -0.559. The zero-order chi connectivity index (χ0) is 21.4. The van der Waals surface area contributed by atoms with E-state index in [9.17, 15) is 9.59 Å². The molecule has 2 heterocycles. The van der Waals surface area contributed by atoms with Crippen molar-refractivity contribution in [2.45, 2.75) is 19.4 Å². The fraction of sp³-hybridized carbons (Fsp3) is 0.125. The highest BCUT2D eigenvalue weighted by molar-refractivity contribution is 5.90. The Balaban J connectivity index is 1.49. The maximum atomic E-state index is 13.3. The number of benzene rings is 3. The molecule has 0 saturated carbocycles. The summed E-state index contributed by atoms with van der Waals surface area (Å²) in [5, 5.41) is 0.536. The van der Waals surface area contributed by atoms with E-state index in [0.29, 0.717) is 28.9 Å². The van der Waals surface area contributed by atoms with Crippen molar-refractivity contribution in [3.05, 3.63) is 94.3 Å². The lowest BCUT2D eigenvalue weighted by Gasteiger charge is -2.27. The summed E-state index contributed by atoms with van der Waals surface area (Å²) in [6, 6.07) is 22.1. The van der Waals surface area contributed by atoms with Crippen LogP contribution in [-0.4, -0.2) is 15.5 Å². The molecule has 0 fully saturated rings. The van der Waals surface area contributed by atoms with Crippen LogP contribution in [0.2, 0.25) is 0 Å². The normalized spacial score (nSPS) is 12.5. The largest absolute Gasteiger partial charge is 0.457 e. The molecule has 154 valence electrons. The third-order valence-electron chi connectivity index (χ3n) is 5.42. The Hall–Kier alpha value is -4.13. The number of carbonyl (C=O) groups is 1. The zero-order valence-corrected chi connectivity index (χ0v) is 16.8. The number of aromatic nitrogens is 2. The van der Waals surface area contributed by atoms with Gasteiger partial charge in [-0.05, 0) is 31.2 Å². The standard InChI is InChI=1S/C24H20N4O3/c1-2-28-23(30)15-9-3-6-12-18(15)25-24(28)27-26-22(29)21-16-10-4-7-13-19(16)31-20-14-8-5-11-17(20)21/h3-14,21H,2H2,1H3,(H,25,27)(H,26,29). The molecule has 0 bridgehead atoms. The molecule has 0 aliphatic carbocycles. The first-order chi connectivity index (χ1) is 15.2. The number of ether oxygens (including phenoxy) is 1. The first-order valence-electron chi connectivity index (χ1n) is 10.1. The third-order valence-corrected chi connectivity index (χ3v) is 5.42. The Morgan fingerprint density at radius 2 is 1.58 bits per heavy atom. The average Bonchev–Trinajstić information content (AvgIpc) is 2.81. The fourth-order valence-corrected chi connectivity index (χ4v) is 3.94. The van der Waals surface area contributed by atoms with Crippen LogP contribution >= 0.6 is 0 Å². The molecule has 5 rings (SSSR count). The summed E-state index contributed by atoms with van der Waals surface area (Å²) in [6.07, 6.45) is 0. The molecule has 1 aliphatic rings. The van der Waals surface area contributed by atoms with Crippen LogP contribution in [0.15, 0.2) is 77.6 Å². The van der Waals surface area contributed by atoms with Gasteiger partial charge in [-0.1, -0.05) is 48.5 Å². The van der Waals surface area contributed by atoms with E-state index in [1.807, 2.05) is 61.5 Å². The van der Waals surface area contributed by atoms with Crippen molar-refractivity contribution in [1.82, 2.24) is 15.0 Å². The SMILES string of the molecule is CCn1c(NNC(=O)C2c3ccccc3Oc3ccccc32)nc2ccccc2c1=O. The van der Waals surface area contributed by atoms with Crippen LogP contribution in [0.5, 0.6) is 11.5 Å². The topological polar surface area (TPSA) is 85.2 Å². The van der Waals surface area contributed by atoms with Gasteiger partial charge in [0.15, 0.2) is 0 Å². The maximum Gasteiger partial charge on any atom is 0.262 e. The minimum Gasteiger partial charge on any atom is -0.457 e. The number of amides is 1. The second-order valence-corrected chi connectivity index (χ2v) is 7.23. The Morgan fingerprint density at radius 3 is 2.26 bits per heavy atom. The van der Waals surface area contributed by atoms with Gasteiger partial charge in [0.1, 0.15) is 11.5 Å². The number of hydrogen-bond donors (Lipinski definition) is 2. The Kier molecular flexibility index (Phi) is 4.63. The molecule has 4 aromatic rings. The summed E-state index contributed by atoms with van der Waals surface area (Å²) in [4.78, 5) is 30.6. The molecule has 7 heteroatoms. The molecular formula is C24H20N4O3. The lowest BCUT2D eigenvalue weighted by molar-refractivity contribution is -0.121. The molecular weight excluding hydrogens is 392 g/mol. The monoisotopic (exact) mass is 412 g/mol. The number of anilines is 1. The fourth-order valence-electron chi connectivity index (χ4n) is 3.94. The van der Waals surface area contributed by atoms with Gasteiger partial charge in [0.05, 0.1) is 16.8 Å². The first kappa shape index (κ1) is 18.9. The molecule has 0 unspecified atom stereocenters. The highest BCUT2D eigenvalue weighted by Crippen LogP contribution is 2.43. The van der Waals surface area contributed by atoms with E-state index >= 15 is 0 Å². The van der Waals surface area contributed by atoms with E-state index in [4.69, 9.17) is 4.74 Å². The van der Waals surface area contributed by atoms with Gasteiger partial charge in [0.2, 0.25) is 5.95 Å². The molecule has 2 N–H and O–H groups in total. The second kappa shape index (κ2) is 7.60. The van der Waals surface area contributed by atoms with Crippen molar-refractivity contribution in [1.29, 1.82) is 0 Å². The van der Waals surface area contributed by atoms with Crippen LogP contribution in [0.3, 0.4) is 0 Å². The van der Waals surface area contributed by atoms with Gasteiger partial charge in [-0.15, -0.1) is 0 Å². The summed E-state index contributed by atoms with van der Waals surface area (Å²) in [7, 11) is 0.